The molecular weight excluding hydrogens is 360 g/mol. The number of ether oxygens (including phenoxy) is 1. The predicted molar refractivity (Wildman–Crippen MR) is 109 cm³/mol. The molecular formula is C22H29ClN2O2. The Hall–Kier alpha value is -1.62. The molecule has 0 spiro atoms. The zero-order valence-corrected chi connectivity index (χ0v) is 17.0. The van der Waals surface area contributed by atoms with Crippen molar-refractivity contribution in [3.63, 3.8) is 0 Å². The Balaban J connectivity index is 1.58. The highest BCUT2D eigenvalue weighted by Crippen LogP contribution is 2.37. The molecule has 1 heterocycles. The van der Waals surface area contributed by atoms with Gasteiger partial charge in [0, 0.05) is 30.0 Å². The van der Waals surface area contributed by atoms with Gasteiger partial charge in [-0.25, -0.2) is 0 Å². The largest absolute Gasteiger partial charge is 0.489 e. The van der Waals surface area contributed by atoms with E-state index in [9.17, 15) is 5.11 Å². The molecule has 1 aliphatic carbocycles. The van der Waals surface area contributed by atoms with Crippen molar-refractivity contribution in [1.29, 1.82) is 0 Å². The SMILES string of the molecule is CC(C)Oc1ccc(C(C)NC2CCC(O)(c3cccnc3)CC2)cc1Cl. The lowest BCUT2D eigenvalue weighted by Gasteiger charge is -2.37. The van der Waals surface area contributed by atoms with Gasteiger partial charge in [0.05, 0.1) is 16.7 Å². The van der Waals surface area contributed by atoms with E-state index in [1.807, 2.05) is 38.1 Å². The van der Waals surface area contributed by atoms with Crippen LogP contribution in [0.4, 0.5) is 0 Å². The predicted octanol–water partition coefficient (Wildman–Crippen LogP) is 5.00. The lowest BCUT2D eigenvalue weighted by atomic mass is 9.78. The molecule has 0 bridgehead atoms. The van der Waals surface area contributed by atoms with Gasteiger partial charge in [0.15, 0.2) is 0 Å². The zero-order valence-electron chi connectivity index (χ0n) is 16.3. The molecule has 2 N–H and O–H groups in total. The van der Waals surface area contributed by atoms with Crippen LogP contribution >= 0.6 is 11.6 Å². The summed E-state index contributed by atoms with van der Waals surface area (Å²) < 4.78 is 5.71. The molecule has 1 unspecified atom stereocenters. The molecule has 1 fully saturated rings. The van der Waals surface area contributed by atoms with E-state index < -0.39 is 5.60 Å². The van der Waals surface area contributed by atoms with E-state index in [2.05, 4.69) is 23.3 Å². The minimum Gasteiger partial charge on any atom is -0.489 e. The van der Waals surface area contributed by atoms with E-state index in [0.717, 1.165) is 42.6 Å². The van der Waals surface area contributed by atoms with Crippen LogP contribution in [0.25, 0.3) is 0 Å². The normalized spacial score (nSPS) is 24.0. The minimum atomic E-state index is -0.755. The molecule has 2 aromatic rings. The summed E-state index contributed by atoms with van der Waals surface area (Å²) in [7, 11) is 0. The molecule has 1 aromatic heterocycles. The molecule has 27 heavy (non-hydrogen) atoms. The number of halogens is 1. The smallest absolute Gasteiger partial charge is 0.138 e. The van der Waals surface area contributed by atoms with E-state index >= 15 is 0 Å². The van der Waals surface area contributed by atoms with E-state index in [0.29, 0.717) is 11.1 Å². The number of nitrogens with one attached hydrogen (secondary N) is 1. The van der Waals surface area contributed by atoms with Gasteiger partial charge < -0.3 is 15.2 Å². The Labute approximate surface area is 166 Å². The highest BCUT2D eigenvalue weighted by atomic mass is 35.5. The Bertz CT molecular complexity index is 743. The van der Waals surface area contributed by atoms with Gasteiger partial charge in [0.25, 0.3) is 0 Å². The van der Waals surface area contributed by atoms with Crippen LogP contribution in [0.1, 0.15) is 63.6 Å². The lowest BCUT2D eigenvalue weighted by molar-refractivity contribution is -0.00950. The highest BCUT2D eigenvalue weighted by molar-refractivity contribution is 6.32. The van der Waals surface area contributed by atoms with Gasteiger partial charge in [-0.15, -0.1) is 0 Å². The molecule has 1 aromatic carbocycles. The summed E-state index contributed by atoms with van der Waals surface area (Å²) in [5.41, 5.74) is 1.31. The number of aromatic nitrogens is 1. The van der Waals surface area contributed by atoms with Gasteiger partial charge in [-0.05, 0) is 70.2 Å². The van der Waals surface area contributed by atoms with Crippen LogP contribution in [0.2, 0.25) is 5.02 Å². The third kappa shape index (κ3) is 5.01. The third-order valence-corrected chi connectivity index (χ3v) is 5.61. The van der Waals surface area contributed by atoms with Crippen LogP contribution in [-0.2, 0) is 5.60 Å². The first-order valence-corrected chi connectivity index (χ1v) is 10.1. The first-order chi connectivity index (χ1) is 12.9. The number of nitrogens with zero attached hydrogens (tertiary/aromatic N) is 1. The van der Waals surface area contributed by atoms with Crippen LogP contribution in [-0.4, -0.2) is 22.2 Å². The zero-order chi connectivity index (χ0) is 19.4. The molecule has 4 nitrogen and oxygen atoms in total. The summed E-state index contributed by atoms with van der Waals surface area (Å²) >= 11 is 6.37. The van der Waals surface area contributed by atoms with Gasteiger partial charge in [0.1, 0.15) is 5.75 Å². The molecule has 0 aliphatic heterocycles. The summed E-state index contributed by atoms with van der Waals surface area (Å²) in [5, 5.41) is 15.3. The van der Waals surface area contributed by atoms with Crippen LogP contribution in [0, 0.1) is 0 Å². The minimum absolute atomic E-state index is 0.102. The van der Waals surface area contributed by atoms with Crippen molar-refractivity contribution in [2.75, 3.05) is 0 Å². The average molecular weight is 389 g/mol. The van der Waals surface area contributed by atoms with Crippen molar-refractivity contribution in [3.8, 4) is 5.75 Å². The van der Waals surface area contributed by atoms with Crippen molar-refractivity contribution < 1.29 is 9.84 Å². The van der Waals surface area contributed by atoms with E-state index in [1.54, 1.807) is 12.4 Å². The fourth-order valence-electron chi connectivity index (χ4n) is 3.77. The molecule has 1 aliphatic rings. The van der Waals surface area contributed by atoms with Gasteiger partial charge in [-0.2, -0.15) is 0 Å². The molecule has 5 heteroatoms. The third-order valence-electron chi connectivity index (χ3n) is 5.32. The van der Waals surface area contributed by atoms with E-state index in [1.165, 1.54) is 0 Å². The summed E-state index contributed by atoms with van der Waals surface area (Å²) in [6, 6.07) is 10.4. The van der Waals surface area contributed by atoms with Gasteiger partial charge >= 0.3 is 0 Å². The number of hydrogen-bond acceptors (Lipinski definition) is 4. The van der Waals surface area contributed by atoms with E-state index in [-0.39, 0.29) is 12.1 Å². The van der Waals surface area contributed by atoms with Crippen molar-refractivity contribution in [3.05, 3.63) is 58.9 Å². The molecule has 1 atom stereocenters. The molecule has 1 saturated carbocycles. The molecule has 0 saturated heterocycles. The first-order valence-electron chi connectivity index (χ1n) is 9.72. The van der Waals surface area contributed by atoms with Gasteiger partial charge in [0.2, 0.25) is 0 Å². The first kappa shape index (κ1) is 20.1. The maximum absolute atomic E-state index is 11.0. The van der Waals surface area contributed by atoms with Gasteiger partial charge in [-0.1, -0.05) is 23.7 Å². The quantitative estimate of drug-likeness (QED) is 0.730. The Kier molecular flexibility index (Phi) is 6.40. The van der Waals surface area contributed by atoms with Crippen molar-refractivity contribution >= 4 is 11.6 Å². The van der Waals surface area contributed by atoms with Crippen LogP contribution in [0.3, 0.4) is 0 Å². The summed E-state index contributed by atoms with van der Waals surface area (Å²) in [6.45, 7) is 6.13. The van der Waals surface area contributed by atoms with Crippen LogP contribution < -0.4 is 10.1 Å². The lowest BCUT2D eigenvalue weighted by Crippen LogP contribution is -2.40. The second kappa shape index (κ2) is 8.59. The van der Waals surface area contributed by atoms with Crippen LogP contribution in [0.15, 0.2) is 42.7 Å². The number of benzene rings is 1. The van der Waals surface area contributed by atoms with Gasteiger partial charge in [-0.3, -0.25) is 4.98 Å². The standard InChI is InChI=1S/C22H29ClN2O2/c1-15(2)27-21-7-6-17(13-20(21)23)16(3)25-19-8-10-22(26,11-9-19)18-5-4-12-24-14-18/h4-7,12-16,19,25-26H,8-11H2,1-3H3. The van der Waals surface area contributed by atoms with E-state index in [4.69, 9.17) is 16.3 Å². The molecule has 0 amide bonds. The molecule has 3 rings (SSSR count). The number of hydrogen-bond donors (Lipinski definition) is 2. The number of aliphatic hydroxyl groups is 1. The highest BCUT2D eigenvalue weighted by Gasteiger charge is 2.35. The topological polar surface area (TPSA) is 54.4 Å². The second-order valence-corrected chi connectivity index (χ2v) is 8.20. The summed E-state index contributed by atoms with van der Waals surface area (Å²) in [4.78, 5) is 4.15. The maximum Gasteiger partial charge on any atom is 0.138 e. The van der Waals surface area contributed by atoms with Crippen LogP contribution in [0.5, 0.6) is 5.75 Å². The second-order valence-electron chi connectivity index (χ2n) is 7.79. The number of pyridine rings is 1. The monoisotopic (exact) mass is 388 g/mol. The Morgan fingerprint density at radius 3 is 2.56 bits per heavy atom. The Morgan fingerprint density at radius 1 is 1.22 bits per heavy atom. The maximum atomic E-state index is 11.0. The van der Waals surface area contributed by atoms with Crippen molar-refractivity contribution in [2.24, 2.45) is 0 Å². The molecule has 0 radical (unpaired) electrons. The summed E-state index contributed by atoms with van der Waals surface area (Å²) in [6.07, 6.45) is 6.96. The average Bonchev–Trinajstić information content (AvgIpc) is 2.66. The fourth-order valence-corrected chi connectivity index (χ4v) is 4.01. The molecule has 146 valence electrons. The fraction of sp³-hybridized carbons (Fsp3) is 0.500. The van der Waals surface area contributed by atoms with Crippen molar-refractivity contribution in [1.82, 2.24) is 10.3 Å². The Morgan fingerprint density at radius 2 is 1.96 bits per heavy atom. The number of rotatable bonds is 6. The summed E-state index contributed by atoms with van der Waals surface area (Å²) in [5.74, 6) is 0.724. The van der Waals surface area contributed by atoms with Crippen molar-refractivity contribution in [2.45, 2.75) is 70.2 Å².